The quantitative estimate of drug-likeness (QED) is 0.610. The van der Waals surface area contributed by atoms with E-state index in [1.165, 1.54) is 0 Å². The molecule has 0 saturated carbocycles. The summed E-state index contributed by atoms with van der Waals surface area (Å²) in [6.45, 7) is 0. The van der Waals surface area contributed by atoms with Crippen molar-refractivity contribution in [2.24, 2.45) is 0 Å². The van der Waals surface area contributed by atoms with E-state index in [0.717, 1.165) is 0 Å². The number of para-hydroxylation sites is 3. The Morgan fingerprint density at radius 3 is 0.957 bits per heavy atom. The van der Waals surface area contributed by atoms with Crippen LogP contribution >= 0.6 is 0 Å². The predicted molar refractivity (Wildman–Crippen MR) is 93.7 cm³/mol. The minimum Gasteiger partial charge on any atom is -0.490 e. The molecule has 0 aromatic heterocycles. The van der Waals surface area contributed by atoms with Gasteiger partial charge in [0.05, 0.1) is 0 Å². The molecule has 0 radical (unpaired) electrons. The summed E-state index contributed by atoms with van der Waals surface area (Å²) in [7, 11) is -0.868. The van der Waals surface area contributed by atoms with Crippen molar-refractivity contribution in [3.05, 3.63) is 91.0 Å². The molecule has 23 heavy (non-hydrogen) atoms. The summed E-state index contributed by atoms with van der Waals surface area (Å²) >= 11 is 0. The first-order valence-corrected chi connectivity index (χ1v) is 7.05. The molecule has 0 bridgehead atoms. The Morgan fingerprint density at radius 2 is 0.696 bits per heavy atom. The fourth-order valence-corrected chi connectivity index (χ4v) is 1.90. The Balaban J connectivity index is 0.00000192. The molecule has 0 fully saturated rings. The Hall–Kier alpha value is -2.88. The molecular formula is C19H19BO3. The van der Waals surface area contributed by atoms with Gasteiger partial charge >= 0.3 is 7.32 Å². The molecule has 3 nitrogen and oxygen atoms in total. The van der Waals surface area contributed by atoms with Crippen LogP contribution in [0.4, 0.5) is 0 Å². The highest BCUT2D eigenvalue weighted by Crippen LogP contribution is 2.17. The summed E-state index contributed by atoms with van der Waals surface area (Å²) in [4.78, 5) is 0. The summed E-state index contributed by atoms with van der Waals surface area (Å²) in [5.41, 5.74) is 0. The van der Waals surface area contributed by atoms with Gasteiger partial charge in [0.25, 0.3) is 0 Å². The predicted octanol–water partition coefficient (Wildman–Crippen LogP) is 4.84. The first-order valence-electron chi connectivity index (χ1n) is 7.05. The molecule has 0 aliphatic heterocycles. The molecular weight excluding hydrogens is 287 g/mol. The topological polar surface area (TPSA) is 27.7 Å². The second-order valence-electron chi connectivity index (χ2n) is 4.58. The van der Waals surface area contributed by atoms with E-state index in [-0.39, 0.29) is 7.43 Å². The SMILES string of the molecule is C.c1ccc(OB(Oc2ccccc2)Oc2ccccc2)cc1. The van der Waals surface area contributed by atoms with E-state index >= 15 is 0 Å². The lowest BCUT2D eigenvalue weighted by molar-refractivity contribution is 0.307. The monoisotopic (exact) mass is 306 g/mol. The van der Waals surface area contributed by atoms with Gasteiger partial charge in [-0.3, -0.25) is 0 Å². The molecule has 0 N–H and O–H groups in total. The third-order valence-electron chi connectivity index (χ3n) is 2.93. The molecule has 116 valence electrons. The Labute approximate surface area is 137 Å². The number of rotatable bonds is 6. The maximum atomic E-state index is 5.78. The zero-order chi connectivity index (χ0) is 15.0. The molecule has 0 aliphatic carbocycles. The van der Waals surface area contributed by atoms with E-state index < -0.39 is 7.32 Å². The molecule has 0 unspecified atom stereocenters. The average Bonchev–Trinajstić information content (AvgIpc) is 2.57. The Kier molecular flexibility index (Phi) is 6.12. The molecule has 3 aromatic carbocycles. The van der Waals surface area contributed by atoms with Gasteiger partial charge in [0, 0.05) is 0 Å². The fraction of sp³-hybridized carbons (Fsp3) is 0.0526. The Morgan fingerprint density at radius 1 is 0.435 bits per heavy atom. The van der Waals surface area contributed by atoms with E-state index in [2.05, 4.69) is 0 Å². The lowest BCUT2D eigenvalue weighted by Crippen LogP contribution is -2.36. The second kappa shape index (κ2) is 8.54. The van der Waals surface area contributed by atoms with Crippen LogP contribution < -0.4 is 14.0 Å². The largest absolute Gasteiger partial charge is 0.864 e. The second-order valence-corrected chi connectivity index (χ2v) is 4.58. The minimum absolute atomic E-state index is 0. The van der Waals surface area contributed by atoms with Crippen LogP contribution in [0.25, 0.3) is 0 Å². The Bertz CT molecular complexity index is 576. The maximum Gasteiger partial charge on any atom is 0.864 e. The third-order valence-corrected chi connectivity index (χ3v) is 2.93. The van der Waals surface area contributed by atoms with Crippen LogP contribution in [-0.2, 0) is 0 Å². The zero-order valence-electron chi connectivity index (χ0n) is 12.0. The minimum atomic E-state index is -0.868. The molecule has 0 aliphatic rings. The van der Waals surface area contributed by atoms with Crippen molar-refractivity contribution in [1.82, 2.24) is 0 Å². The van der Waals surface area contributed by atoms with Crippen molar-refractivity contribution in [3.8, 4) is 17.2 Å². The van der Waals surface area contributed by atoms with Crippen LogP contribution in [0, 0.1) is 0 Å². The van der Waals surface area contributed by atoms with E-state index in [4.69, 9.17) is 14.0 Å². The fourth-order valence-electron chi connectivity index (χ4n) is 1.90. The molecule has 3 aromatic rings. The molecule has 0 heterocycles. The molecule has 0 amide bonds. The van der Waals surface area contributed by atoms with E-state index in [1.807, 2.05) is 91.0 Å². The lowest BCUT2D eigenvalue weighted by Gasteiger charge is -2.16. The summed E-state index contributed by atoms with van der Waals surface area (Å²) in [6.07, 6.45) is 0. The lowest BCUT2D eigenvalue weighted by atomic mass is 10.2. The number of hydrogen-bond acceptors (Lipinski definition) is 3. The highest BCUT2D eigenvalue weighted by Gasteiger charge is 2.29. The normalized spacial score (nSPS) is 9.39. The standard InChI is InChI=1S/C18H15BO3.CH4/c1-4-10-16(11-5-1)20-19(21-17-12-6-2-7-13-17)22-18-14-8-3-9-15-18;/h1-15H;1H4. The molecule has 3 rings (SSSR count). The average molecular weight is 306 g/mol. The van der Waals surface area contributed by atoms with E-state index in [9.17, 15) is 0 Å². The smallest absolute Gasteiger partial charge is 0.490 e. The van der Waals surface area contributed by atoms with E-state index in [0.29, 0.717) is 17.2 Å². The van der Waals surface area contributed by atoms with Gasteiger partial charge in [0.15, 0.2) is 0 Å². The zero-order valence-corrected chi connectivity index (χ0v) is 12.0. The van der Waals surface area contributed by atoms with Gasteiger partial charge in [-0.15, -0.1) is 0 Å². The summed E-state index contributed by atoms with van der Waals surface area (Å²) < 4.78 is 17.3. The van der Waals surface area contributed by atoms with Crippen LogP contribution in [0.5, 0.6) is 17.2 Å². The molecule has 4 heteroatoms. The van der Waals surface area contributed by atoms with Gasteiger partial charge in [-0.05, 0) is 36.4 Å². The van der Waals surface area contributed by atoms with Gasteiger partial charge in [-0.1, -0.05) is 62.0 Å². The van der Waals surface area contributed by atoms with Crippen LogP contribution in [-0.4, -0.2) is 7.32 Å². The summed E-state index contributed by atoms with van der Waals surface area (Å²) in [5, 5.41) is 0. The molecule has 0 atom stereocenters. The van der Waals surface area contributed by atoms with Gasteiger partial charge < -0.3 is 14.0 Å². The van der Waals surface area contributed by atoms with Crippen LogP contribution in [0.3, 0.4) is 0 Å². The van der Waals surface area contributed by atoms with Crippen LogP contribution in [0.15, 0.2) is 91.0 Å². The van der Waals surface area contributed by atoms with Crippen molar-refractivity contribution in [2.75, 3.05) is 0 Å². The van der Waals surface area contributed by atoms with Crippen molar-refractivity contribution < 1.29 is 14.0 Å². The highest BCUT2D eigenvalue weighted by molar-refractivity contribution is 6.39. The van der Waals surface area contributed by atoms with Gasteiger partial charge in [0.1, 0.15) is 17.2 Å². The first-order chi connectivity index (χ1) is 10.9. The van der Waals surface area contributed by atoms with Crippen LogP contribution in [0.2, 0.25) is 0 Å². The van der Waals surface area contributed by atoms with E-state index in [1.54, 1.807) is 0 Å². The van der Waals surface area contributed by atoms with Crippen molar-refractivity contribution in [2.45, 2.75) is 7.43 Å². The first kappa shape index (κ1) is 16.5. The number of hydrogen-bond donors (Lipinski definition) is 0. The third kappa shape index (κ3) is 5.11. The van der Waals surface area contributed by atoms with Gasteiger partial charge in [-0.2, -0.15) is 0 Å². The maximum absolute atomic E-state index is 5.78. The van der Waals surface area contributed by atoms with Crippen LogP contribution in [0.1, 0.15) is 7.43 Å². The van der Waals surface area contributed by atoms with Gasteiger partial charge in [0.2, 0.25) is 0 Å². The summed E-state index contributed by atoms with van der Waals surface area (Å²) in [6, 6.07) is 28.3. The summed E-state index contributed by atoms with van der Waals surface area (Å²) in [5.74, 6) is 2.04. The molecule has 0 saturated heterocycles. The van der Waals surface area contributed by atoms with Gasteiger partial charge in [-0.25, -0.2) is 0 Å². The highest BCUT2D eigenvalue weighted by atomic mass is 16.7. The number of benzene rings is 3. The molecule has 0 spiro atoms. The van der Waals surface area contributed by atoms with Crippen molar-refractivity contribution in [1.29, 1.82) is 0 Å². The van der Waals surface area contributed by atoms with Crippen molar-refractivity contribution >= 4 is 7.32 Å². The van der Waals surface area contributed by atoms with Crippen molar-refractivity contribution in [3.63, 3.8) is 0 Å².